The largest absolute Gasteiger partial charge is 0.206 e. The smallest absolute Gasteiger partial charge is 0.136 e. The van der Waals surface area contributed by atoms with Crippen LogP contribution >= 0.6 is 11.3 Å². The molecule has 0 bridgehead atoms. The van der Waals surface area contributed by atoms with E-state index in [1.807, 2.05) is 0 Å². The van der Waals surface area contributed by atoms with Gasteiger partial charge in [0.25, 0.3) is 0 Å². The van der Waals surface area contributed by atoms with Crippen LogP contribution in [0.4, 0.5) is 4.39 Å². The van der Waals surface area contributed by atoms with Gasteiger partial charge in [0, 0.05) is 4.88 Å². The van der Waals surface area contributed by atoms with Gasteiger partial charge >= 0.3 is 0 Å². The van der Waals surface area contributed by atoms with Crippen molar-refractivity contribution in [1.29, 1.82) is 0 Å². The van der Waals surface area contributed by atoms with E-state index in [0.717, 1.165) is 11.3 Å². The summed E-state index contributed by atoms with van der Waals surface area (Å²) in [6.07, 6.45) is 0.876. The van der Waals surface area contributed by atoms with Crippen molar-refractivity contribution in [3.05, 3.63) is 16.8 Å². The van der Waals surface area contributed by atoms with Crippen LogP contribution in [0.1, 0.15) is 18.7 Å². The molecule has 14 heavy (non-hydrogen) atoms. The average molecular weight is 230 g/mol. The van der Waals surface area contributed by atoms with Crippen molar-refractivity contribution in [2.75, 3.05) is 0 Å². The van der Waals surface area contributed by atoms with E-state index >= 15 is 0 Å². The fraction of sp³-hybridized carbons (Fsp3) is 0.636. The summed E-state index contributed by atoms with van der Waals surface area (Å²) in [4.78, 5) is 0.942. The number of halogens is 1. The molecular formula is C11H19FSSi. The lowest BCUT2D eigenvalue weighted by molar-refractivity contribution is 0.585. The Morgan fingerprint density at radius 1 is 1.36 bits per heavy atom. The Kier molecular flexibility index (Phi) is 3.53. The average Bonchev–Trinajstić information content (AvgIpc) is 2.30. The van der Waals surface area contributed by atoms with Crippen molar-refractivity contribution < 1.29 is 4.39 Å². The molecule has 1 aromatic heterocycles. The van der Waals surface area contributed by atoms with Crippen molar-refractivity contribution >= 4 is 23.9 Å². The van der Waals surface area contributed by atoms with E-state index in [9.17, 15) is 4.39 Å². The molecule has 0 fully saturated rings. The lowest BCUT2D eigenvalue weighted by atomic mass is 10.1. The lowest BCUT2D eigenvalue weighted by Gasteiger charge is -2.12. The summed E-state index contributed by atoms with van der Waals surface area (Å²) in [5, 5.41) is 0. The maximum atomic E-state index is 13.5. The zero-order valence-electron chi connectivity index (χ0n) is 9.65. The molecule has 80 valence electrons. The molecule has 0 atom stereocenters. The van der Waals surface area contributed by atoms with Crippen LogP contribution in [0.2, 0.25) is 19.6 Å². The highest BCUT2D eigenvalue weighted by molar-refractivity contribution is 7.26. The fourth-order valence-corrected chi connectivity index (χ4v) is 4.44. The third kappa shape index (κ3) is 2.92. The van der Waals surface area contributed by atoms with Gasteiger partial charge in [-0.3, -0.25) is 0 Å². The van der Waals surface area contributed by atoms with Gasteiger partial charge in [-0.05, 0) is 22.9 Å². The second-order valence-corrected chi connectivity index (χ2v) is 11.8. The van der Waals surface area contributed by atoms with Crippen molar-refractivity contribution in [1.82, 2.24) is 0 Å². The summed E-state index contributed by atoms with van der Waals surface area (Å²) >= 11 is 1.68. The molecule has 1 aromatic rings. The third-order valence-corrected chi connectivity index (χ3v) is 6.80. The zero-order chi connectivity index (χ0) is 10.9. The maximum absolute atomic E-state index is 13.5. The fourth-order valence-electron chi connectivity index (χ4n) is 1.29. The zero-order valence-corrected chi connectivity index (χ0v) is 11.5. The van der Waals surface area contributed by atoms with Gasteiger partial charge in [-0.15, -0.1) is 11.3 Å². The van der Waals surface area contributed by atoms with Gasteiger partial charge in [0.05, 0.1) is 8.07 Å². The first-order valence-electron chi connectivity index (χ1n) is 5.09. The van der Waals surface area contributed by atoms with Gasteiger partial charge in [0.1, 0.15) is 5.82 Å². The van der Waals surface area contributed by atoms with E-state index in [-0.39, 0.29) is 5.82 Å². The molecule has 0 aromatic carbocycles. The molecule has 0 aliphatic heterocycles. The van der Waals surface area contributed by atoms with E-state index in [0.29, 0.717) is 5.92 Å². The third-order valence-electron chi connectivity index (χ3n) is 2.09. The SMILES string of the molecule is CC(C)Cc1sc([Si](C)(C)C)cc1F. The topological polar surface area (TPSA) is 0 Å². The molecule has 0 saturated heterocycles. The minimum absolute atomic E-state index is 0.0149. The molecule has 0 saturated carbocycles. The molecule has 3 heteroatoms. The van der Waals surface area contributed by atoms with Gasteiger partial charge in [-0.25, -0.2) is 4.39 Å². The quantitative estimate of drug-likeness (QED) is 0.696. The first-order valence-corrected chi connectivity index (χ1v) is 9.41. The molecule has 0 spiro atoms. The van der Waals surface area contributed by atoms with Gasteiger partial charge in [-0.2, -0.15) is 0 Å². The van der Waals surface area contributed by atoms with Crippen molar-refractivity contribution in [3.63, 3.8) is 0 Å². The van der Waals surface area contributed by atoms with Crippen molar-refractivity contribution in [2.24, 2.45) is 5.92 Å². The summed E-state index contributed by atoms with van der Waals surface area (Å²) in [5.41, 5.74) is 0. The summed E-state index contributed by atoms with van der Waals surface area (Å²) in [5.74, 6) is 0.554. The van der Waals surface area contributed by atoms with E-state index < -0.39 is 8.07 Å². The molecular weight excluding hydrogens is 211 g/mol. The maximum Gasteiger partial charge on any atom is 0.136 e. The van der Waals surface area contributed by atoms with Crippen LogP contribution in [-0.4, -0.2) is 8.07 Å². The Hall–Kier alpha value is -0.153. The Bertz CT molecular complexity index is 310. The van der Waals surface area contributed by atoms with Gasteiger partial charge in [-0.1, -0.05) is 33.5 Å². The normalized spacial score (nSPS) is 12.5. The molecule has 0 amide bonds. The summed E-state index contributed by atoms with van der Waals surface area (Å²) in [6.45, 7) is 11.0. The van der Waals surface area contributed by atoms with Crippen LogP contribution in [0.15, 0.2) is 6.07 Å². The summed E-state index contributed by atoms with van der Waals surface area (Å²) in [6, 6.07) is 1.76. The van der Waals surface area contributed by atoms with Crippen molar-refractivity contribution in [2.45, 2.75) is 39.9 Å². The van der Waals surface area contributed by atoms with Crippen molar-refractivity contribution in [3.8, 4) is 0 Å². The Labute approximate surface area is 91.2 Å². The Morgan fingerprint density at radius 2 is 1.93 bits per heavy atom. The van der Waals surface area contributed by atoms with E-state index in [2.05, 4.69) is 33.5 Å². The minimum Gasteiger partial charge on any atom is -0.206 e. The molecule has 1 rings (SSSR count). The molecule has 0 aliphatic rings. The lowest BCUT2D eigenvalue weighted by Crippen LogP contribution is -2.34. The molecule has 0 unspecified atom stereocenters. The van der Waals surface area contributed by atoms with E-state index in [1.165, 1.54) is 4.50 Å². The standard InChI is InChI=1S/C11H19FSSi/c1-8(2)6-10-9(12)7-11(13-10)14(3,4)5/h7-8H,6H2,1-5H3. The second kappa shape index (κ2) is 4.15. The Morgan fingerprint density at radius 3 is 2.29 bits per heavy atom. The van der Waals surface area contributed by atoms with E-state index in [4.69, 9.17) is 0 Å². The number of hydrogen-bond donors (Lipinski definition) is 0. The highest BCUT2D eigenvalue weighted by Crippen LogP contribution is 2.20. The first kappa shape index (κ1) is 11.9. The van der Waals surface area contributed by atoms with Crippen LogP contribution in [0.3, 0.4) is 0 Å². The number of hydrogen-bond acceptors (Lipinski definition) is 1. The number of thiophene rings is 1. The van der Waals surface area contributed by atoms with Crippen LogP contribution in [0.25, 0.3) is 0 Å². The van der Waals surface area contributed by atoms with Crippen LogP contribution in [-0.2, 0) is 6.42 Å². The highest BCUT2D eigenvalue weighted by Gasteiger charge is 2.21. The molecule has 1 heterocycles. The predicted molar refractivity (Wildman–Crippen MR) is 65.8 cm³/mol. The Balaban J connectivity index is 2.94. The van der Waals surface area contributed by atoms with Gasteiger partial charge in [0.15, 0.2) is 0 Å². The summed E-state index contributed by atoms with van der Waals surface area (Å²) < 4.78 is 14.8. The second-order valence-electron chi connectivity index (χ2n) is 5.23. The minimum atomic E-state index is -1.32. The molecule has 0 N–H and O–H groups in total. The number of rotatable bonds is 3. The first-order chi connectivity index (χ1) is 6.30. The van der Waals surface area contributed by atoms with Crippen LogP contribution in [0.5, 0.6) is 0 Å². The van der Waals surface area contributed by atoms with Gasteiger partial charge in [0.2, 0.25) is 0 Å². The summed E-state index contributed by atoms with van der Waals surface area (Å²) in [7, 11) is -1.32. The highest BCUT2D eigenvalue weighted by atomic mass is 32.1. The van der Waals surface area contributed by atoms with Gasteiger partial charge < -0.3 is 0 Å². The van der Waals surface area contributed by atoms with Crippen LogP contribution < -0.4 is 4.50 Å². The monoisotopic (exact) mass is 230 g/mol. The predicted octanol–water partition coefficient (Wildman–Crippen LogP) is 3.63. The molecule has 0 aliphatic carbocycles. The molecule has 0 nitrogen and oxygen atoms in total. The van der Waals surface area contributed by atoms with E-state index in [1.54, 1.807) is 17.4 Å². The molecule has 0 radical (unpaired) electrons. The van der Waals surface area contributed by atoms with Crippen LogP contribution in [0, 0.1) is 11.7 Å².